The van der Waals surface area contributed by atoms with Crippen LogP contribution in [0.2, 0.25) is 0 Å². The highest BCUT2D eigenvalue weighted by molar-refractivity contribution is 7.94. The number of rotatable bonds is 3. The molecule has 0 aromatic heterocycles. The Balaban J connectivity index is 2.48. The average Bonchev–Trinajstić information content (AvgIpc) is 2.47. The lowest BCUT2D eigenvalue weighted by Gasteiger charge is -2.01. The van der Waals surface area contributed by atoms with Crippen LogP contribution in [0.25, 0.3) is 5.57 Å². The van der Waals surface area contributed by atoms with Crippen LogP contribution in [0.4, 0.5) is 0 Å². The van der Waals surface area contributed by atoms with Crippen LogP contribution in [0.3, 0.4) is 0 Å². The number of hydrogen-bond donors (Lipinski definition) is 0. The van der Waals surface area contributed by atoms with Gasteiger partial charge in [0.1, 0.15) is 6.07 Å². The van der Waals surface area contributed by atoms with E-state index in [1.165, 1.54) is 12.1 Å². The van der Waals surface area contributed by atoms with Crippen LogP contribution in [0, 0.1) is 11.3 Å². The van der Waals surface area contributed by atoms with Crippen LogP contribution in [0.5, 0.6) is 0 Å². The maximum atomic E-state index is 12.1. The molecule has 0 bridgehead atoms. The average molecular weight is 269 g/mol. The van der Waals surface area contributed by atoms with Gasteiger partial charge in [-0.25, -0.2) is 8.42 Å². The molecular formula is C15H11NO2S. The van der Waals surface area contributed by atoms with Crippen molar-refractivity contribution in [2.75, 3.05) is 0 Å². The fourth-order valence-electron chi connectivity index (χ4n) is 1.61. The van der Waals surface area contributed by atoms with E-state index < -0.39 is 9.84 Å². The molecule has 0 radical (unpaired) electrons. The second-order valence-electron chi connectivity index (χ2n) is 3.87. The van der Waals surface area contributed by atoms with E-state index in [0.29, 0.717) is 5.56 Å². The Morgan fingerprint density at radius 1 is 0.947 bits per heavy atom. The summed E-state index contributed by atoms with van der Waals surface area (Å²) in [5.41, 5.74) is 0.717. The number of benzene rings is 2. The van der Waals surface area contributed by atoms with Crippen LogP contribution >= 0.6 is 0 Å². The van der Waals surface area contributed by atoms with Gasteiger partial charge >= 0.3 is 0 Å². The molecule has 2 rings (SSSR count). The van der Waals surface area contributed by atoms with Gasteiger partial charge in [-0.3, -0.25) is 0 Å². The summed E-state index contributed by atoms with van der Waals surface area (Å²) < 4.78 is 24.3. The predicted molar refractivity (Wildman–Crippen MR) is 73.7 cm³/mol. The summed E-state index contributed by atoms with van der Waals surface area (Å²) in [4.78, 5) is 0.179. The topological polar surface area (TPSA) is 57.9 Å². The molecule has 4 heteroatoms. The molecule has 0 atom stereocenters. The van der Waals surface area contributed by atoms with Crippen LogP contribution in [-0.4, -0.2) is 8.42 Å². The van der Waals surface area contributed by atoms with Crippen molar-refractivity contribution in [2.24, 2.45) is 0 Å². The normalized spacial score (nSPS) is 11.8. The third kappa shape index (κ3) is 3.09. The van der Waals surface area contributed by atoms with E-state index in [4.69, 9.17) is 5.26 Å². The van der Waals surface area contributed by atoms with Crippen LogP contribution in [-0.2, 0) is 9.84 Å². The first-order valence-corrected chi connectivity index (χ1v) is 7.15. The van der Waals surface area contributed by atoms with Crippen LogP contribution in [0.15, 0.2) is 71.0 Å². The maximum absolute atomic E-state index is 12.1. The van der Waals surface area contributed by atoms with E-state index in [2.05, 4.69) is 0 Å². The van der Waals surface area contributed by atoms with E-state index in [9.17, 15) is 8.42 Å². The van der Waals surface area contributed by atoms with Crippen molar-refractivity contribution >= 4 is 15.4 Å². The van der Waals surface area contributed by atoms with Crippen molar-refractivity contribution in [1.29, 1.82) is 5.26 Å². The van der Waals surface area contributed by atoms with E-state index in [0.717, 1.165) is 5.41 Å². The van der Waals surface area contributed by atoms with Gasteiger partial charge in [-0.05, 0) is 17.7 Å². The van der Waals surface area contributed by atoms with Gasteiger partial charge < -0.3 is 0 Å². The second kappa shape index (κ2) is 5.51. The highest BCUT2D eigenvalue weighted by Gasteiger charge is 2.13. The van der Waals surface area contributed by atoms with Gasteiger partial charge in [0.2, 0.25) is 9.84 Å². The fourth-order valence-corrected chi connectivity index (χ4v) is 2.78. The lowest BCUT2D eigenvalue weighted by Crippen LogP contribution is -1.97. The van der Waals surface area contributed by atoms with Crippen molar-refractivity contribution in [3.8, 4) is 6.07 Å². The Bertz CT molecular complexity index is 727. The van der Waals surface area contributed by atoms with Gasteiger partial charge in [0.25, 0.3) is 0 Å². The molecule has 0 unspecified atom stereocenters. The lowest BCUT2D eigenvalue weighted by molar-refractivity contribution is 0.605. The second-order valence-corrected chi connectivity index (χ2v) is 5.66. The van der Waals surface area contributed by atoms with Gasteiger partial charge in [0, 0.05) is 0 Å². The predicted octanol–water partition coefficient (Wildman–Crippen LogP) is 3.02. The summed E-state index contributed by atoms with van der Waals surface area (Å²) in [6.07, 6.45) is 0. The molecule has 3 nitrogen and oxygen atoms in total. The Hall–Kier alpha value is -2.38. The molecule has 0 aliphatic rings. The van der Waals surface area contributed by atoms with Crippen LogP contribution < -0.4 is 0 Å². The Morgan fingerprint density at radius 2 is 1.47 bits per heavy atom. The zero-order chi connectivity index (χ0) is 13.7. The first-order valence-electron chi connectivity index (χ1n) is 5.61. The number of nitrogens with zero attached hydrogens (tertiary/aromatic N) is 1. The van der Waals surface area contributed by atoms with Gasteiger partial charge in [-0.15, -0.1) is 0 Å². The molecule has 0 fully saturated rings. The van der Waals surface area contributed by atoms with Gasteiger partial charge in [-0.1, -0.05) is 48.5 Å². The molecule has 0 saturated heterocycles. The zero-order valence-electron chi connectivity index (χ0n) is 10.0. The van der Waals surface area contributed by atoms with Crippen molar-refractivity contribution in [2.45, 2.75) is 4.90 Å². The highest BCUT2D eigenvalue weighted by atomic mass is 32.2. The maximum Gasteiger partial charge on any atom is 0.201 e. The van der Waals surface area contributed by atoms with E-state index in [1.54, 1.807) is 42.5 Å². The van der Waals surface area contributed by atoms with E-state index in [1.807, 2.05) is 12.1 Å². The lowest BCUT2D eigenvalue weighted by atomic mass is 10.1. The third-order valence-electron chi connectivity index (χ3n) is 2.55. The van der Waals surface area contributed by atoms with Crippen molar-refractivity contribution in [3.63, 3.8) is 0 Å². The molecule has 0 spiro atoms. The summed E-state index contributed by atoms with van der Waals surface area (Å²) in [6.45, 7) is 0. The van der Waals surface area contributed by atoms with Crippen LogP contribution in [0.1, 0.15) is 5.56 Å². The summed E-state index contributed by atoms with van der Waals surface area (Å²) in [7, 11) is -3.60. The standard InChI is InChI=1S/C15H11NO2S/c16-11-14(13-7-3-1-4-8-13)12-19(17,18)15-9-5-2-6-10-15/h1-10,12H/b14-12+. The first-order chi connectivity index (χ1) is 9.13. The molecule has 0 aliphatic carbocycles. The Kier molecular flexibility index (Phi) is 3.79. The van der Waals surface area contributed by atoms with E-state index >= 15 is 0 Å². The number of allylic oxidation sites excluding steroid dienone is 1. The molecule has 0 aliphatic heterocycles. The fraction of sp³-hybridized carbons (Fsp3) is 0. The molecule has 19 heavy (non-hydrogen) atoms. The van der Waals surface area contributed by atoms with Crippen molar-refractivity contribution in [3.05, 3.63) is 71.6 Å². The molecule has 2 aromatic rings. The highest BCUT2D eigenvalue weighted by Crippen LogP contribution is 2.19. The third-order valence-corrected chi connectivity index (χ3v) is 4.03. The van der Waals surface area contributed by atoms with Gasteiger partial charge in [0.05, 0.1) is 15.9 Å². The van der Waals surface area contributed by atoms with Gasteiger partial charge in [0.15, 0.2) is 0 Å². The molecular weight excluding hydrogens is 258 g/mol. The number of hydrogen-bond acceptors (Lipinski definition) is 3. The molecule has 0 amide bonds. The first kappa shape index (κ1) is 13.1. The largest absolute Gasteiger partial charge is 0.219 e. The minimum atomic E-state index is -3.60. The molecule has 2 aromatic carbocycles. The summed E-state index contributed by atoms with van der Waals surface area (Å²) in [5.74, 6) is 0. The Labute approximate surface area is 112 Å². The zero-order valence-corrected chi connectivity index (χ0v) is 10.8. The molecule has 0 heterocycles. The SMILES string of the molecule is N#C/C(=C\S(=O)(=O)c1ccccc1)c1ccccc1. The molecule has 94 valence electrons. The summed E-state index contributed by atoms with van der Waals surface area (Å²) in [5, 5.41) is 10.1. The number of sulfone groups is 1. The van der Waals surface area contributed by atoms with Crippen molar-refractivity contribution < 1.29 is 8.42 Å². The minimum Gasteiger partial charge on any atom is -0.219 e. The monoisotopic (exact) mass is 269 g/mol. The quantitative estimate of drug-likeness (QED) is 0.805. The number of nitriles is 1. The Morgan fingerprint density at radius 3 is 2.00 bits per heavy atom. The summed E-state index contributed by atoms with van der Waals surface area (Å²) >= 11 is 0. The van der Waals surface area contributed by atoms with Crippen molar-refractivity contribution in [1.82, 2.24) is 0 Å². The molecule has 0 N–H and O–H groups in total. The smallest absolute Gasteiger partial charge is 0.201 e. The minimum absolute atomic E-state index is 0.129. The molecule has 0 saturated carbocycles. The van der Waals surface area contributed by atoms with Gasteiger partial charge in [-0.2, -0.15) is 5.26 Å². The summed E-state index contributed by atoms with van der Waals surface area (Å²) in [6, 6.07) is 18.7. The van der Waals surface area contributed by atoms with E-state index in [-0.39, 0.29) is 10.5 Å².